The van der Waals surface area contributed by atoms with E-state index in [0.29, 0.717) is 0 Å². The lowest BCUT2D eigenvalue weighted by molar-refractivity contribution is 0.607. The highest BCUT2D eigenvalue weighted by molar-refractivity contribution is 6.30. The Morgan fingerprint density at radius 1 is 1.00 bits per heavy atom. The summed E-state index contributed by atoms with van der Waals surface area (Å²) in [4.78, 5) is 0. The van der Waals surface area contributed by atoms with Gasteiger partial charge in [-0.15, -0.1) is 0 Å². The minimum atomic E-state index is 0.789. The van der Waals surface area contributed by atoms with Gasteiger partial charge in [0.1, 0.15) is 0 Å². The highest BCUT2D eigenvalue weighted by Gasteiger charge is 2.19. The molecule has 0 amide bonds. The average Bonchev–Trinajstić information content (AvgIpc) is 2.97. The Morgan fingerprint density at radius 3 is 2.57 bits per heavy atom. The highest BCUT2D eigenvalue weighted by Crippen LogP contribution is 2.30. The van der Waals surface area contributed by atoms with E-state index in [1.165, 1.54) is 27.9 Å². The first-order chi connectivity index (χ1) is 11.3. The van der Waals surface area contributed by atoms with Crippen LogP contribution >= 0.6 is 11.6 Å². The van der Waals surface area contributed by atoms with Crippen LogP contribution in [0.25, 0.3) is 11.1 Å². The molecule has 3 heteroatoms. The number of hydrogen-bond acceptors (Lipinski definition) is 1. The minimum absolute atomic E-state index is 0.789. The van der Waals surface area contributed by atoms with Crippen LogP contribution in [-0.4, -0.2) is 11.1 Å². The van der Waals surface area contributed by atoms with E-state index in [-0.39, 0.29) is 0 Å². The molecule has 1 aromatic heterocycles. The van der Waals surface area contributed by atoms with Crippen molar-refractivity contribution in [3.05, 3.63) is 82.6 Å². The van der Waals surface area contributed by atoms with Crippen LogP contribution in [0.3, 0.4) is 0 Å². The molecule has 0 fully saturated rings. The minimum Gasteiger partial charge on any atom is -0.346 e. The van der Waals surface area contributed by atoms with Crippen molar-refractivity contribution < 1.29 is 0 Å². The fraction of sp³-hybridized carbons (Fsp3) is 0.200. The maximum atomic E-state index is 6.00. The third-order valence-electron chi connectivity index (χ3n) is 4.50. The molecule has 0 unspecified atom stereocenters. The van der Waals surface area contributed by atoms with Crippen molar-refractivity contribution in [3.8, 4) is 11.1 Å². The molecule has 0 atom stereocenters. The van der Waals surface area contributed by atoms with E-state index in [9.17, 15) is 0 Å². The number of fused-ring (bicyclic) bond motifs is 1. The van der Waals surface area contributed by atoms with Crippen molar-refractivity contribution in [2.24, 2.45) is 0 Å². The topological polar surface area (TPSA) is 17.0 Å². The van der Waals surface area contributed by atoms with Gasteiger partial charge in [-0.05, 0) is 28.8 Å². The summed E-state index contributed by atoms with van der Waals surface area (Å²) in [6, 6.07) is 18.8. The predicted molar refractivity (Wildman–Crippen MR) is 95.8 cm³/mol. The molecule has 1 N–H and O–H groups in total. The van der Waals surface area contributed by atoms with Crippen LogP contribution in [0, 0.1) is 0 Å². The van der Waals surface area contributed by atoms with Crippen LogP contribution in [-0.2, 0) is 19.5 Å². The molecule has 116 valence electrons. The summed E-state index contributed by atoms with van der Waals surface area (Å²) in [6.07, 6.45) is 3.39. The smallest absolute Gasteiger partial charge is 0.0473 e. The number of benzene rings is 2. The fourth-order valence-electron chi connectivity index (χ4n) is 3.35. The van der Waals surface area contributed by atoms with Gasteiger partial charge in [0.15, 0.2) is 0 Å². The fourth-order valence-corrected chi connectivity index (χ4v) is 3.47. The molecule has 0 radical (unpaired) electrons. The SMILES string of the molecule is Clc1ccc(Cn2cc(-c3ccccc3)c3c2CCNC3)cc1. The second-order valence-corrected chi connectivity index (χ2v) is 6.45. The lowest BCUT2D eigenvalue weighted by Crippen LogP contribution is -2.25. The Bertz CT molecular complexity index is 804. The quantitative estimate of drug-likeness (QED) is 0.751. The molecule has 2 nitrogen and oxygen atoms in total. The first-order valence-corrected chi connectivity index (χ1v) is 8.40. The molecule has 0 spiro atoms. The highest BCUT2D eigenvalue weighted by atomic mass is 35.5. The average molecular weight is 323 g/mol. The van der Waals surface area contributed by atoms with Crippen molar-refractivity contribution >= 4 is 11.6 Å². The second-order valence-electron chi connectivity index (χ2n) is 6.02. The van der Waals surface area contributed by atoms with Crippen LogP contribution in [0.2, 0.25) is 5.02 Å². The summed E-state index contributed by atoms with van der Waals surface area (Å²) < 4.78 is 2.40. The molecule has 4 rings (SSSR count). The standard InChI is InChI=1S/C20H19ClN2/c21-17-8-6-15(7-9-17)13-23-14-19(16-4-2-1-3-5-16)18-12-22-11-10-20(18)23/h1-9,14,22H,10-13H2. The summed E-state index contributed by atoms with van der Waals surface area (Å²) in [7, 11) is 0. The molecule has 1 aliphatic heterocycles. The van der Waals surface area contributed by atoms with Gasteiger partial charge in [-0.3, -0.25) is 0 Å². The van der Waals surface area contributed by atoms with Crippen molar-refractivity contribution in [3.63, 3.8) is 0 Å². The van der Waals surface area contributed by atoms with E-state index in [2.05, 4.69) is 58.5 Å². The third kappa shape index (κ3) is 2.92. The summed E-state index contributed by atoms with van der Waals surface area (Å²) in [5.41, 5.74) is 6.82. The molecule has 2 aromatic carbocycles. The molecular weight excluding hydrogens is 304 g/mol. The van der Waals surface area contributed by atoms with Gasteiger partial charge < -0.3 is 9.88 Å². The second kappa shape index (κ2) is 6.23. The Labute approximate surface area is 141 Å². The van der Waals surface area contributed by atoms with Gasteiger partial charge in [-0.1, -0.05) is 54.1 Å². The number of hydrogen-bond donors (Lipinski definition) is 1. The first-order valence-electron chi connectivity index (χ1n) is 8.03. The van der Waals surface area contributed by atoms with E-state index in [1.54, 1.807) is 0 Å². The van der Waals surface area contributed by atoms with Crippen molar-refractivity contribution in [2.45, 2.75) is 19.5 Å². The molecule has 0 saturated heterocycles. The number of nitrogens with zero attached hydrogens (tertiary/aromatic N) is 1. The van der Waals surface area contributed by atoms with Crippen LogP contribution < -0.4 is 5.32 Å². The number of rotatable bonds is 3. The van der Waals surface area contributed by atoms with Gasteiger partial charge in [0.2, 0.25) is 0 Å². The molecule has 1 aliphatic rings. The lowest BCUT2D eigenvalue weighted by atomic mass is 10.00. The molecule has 0 aliphatic carbocycles. The van der Waals surface area contributed by atoms with Crippen LogP contribution in [0.15, 0.2) is 60.8 Å². The summed E-state index contributed by atoms with van der Waals surface area (Å²) >= 11 is 6.00. The van der Waals surface area contributed by atoms with Crippen molar-refractivity contribution in [2.75, 3.05) is 6.54 Å². The molecule has 2 heterocycles. The zero-order valence-electron chi connectivity index (χ0n) is 12.9. The van der Waals surface area contributed by atoms with Gasteiger partial charge in [0.05, 0.1) is 0 Å². The zero-order chi connectivity index (χ0) is 15.6. The molecule has 0 saturated carbocycles. The number of halogens is 1. The lowest BCUT2D eigenvalue weighted by Gasteiger charge is -2.17. The molecule has 3 aromatic rings. The van der Waals surface area contributed by atoms with Gasteiger partial charge in [-0.25, -0.2) is 0 Å². The third-order valence-corrected chi connectivity index (χ3v) is 4.75. The van der Waals surface area contributed by atoms with E-state index in [1.807, 2.05) is 12.1 Å². The van der Waals surface area contributed by atoms with Gasteiger partial charge in [-0.2, -0.15) is 0 Å². The molecule has 23 heavy (non-hydrogen) atoms. The maximum Gasteiger partial charge on any atom is 0.0473 e. The van der Waals surface area contributed by atoms with Gasteiger partial charge in [0, 0.05) is 48.5 Å². The monoisotopic (exact) mass is 322 g/mol. The van der Waals surface area contributed by atoms with Gasteiger partial charge >= 0.3 is 0 Å². The van der Waals surface area contributed by atoms with E-state index >= 15 is 0 Å². The van der Waals surface area contributed by atoms with Crippen LogP contribution in [0.1, 0.15) is 16.8 Å². The van der Waals surface area contributed by atoms with E-state index < -0.39 is 0 Å². The summed E-state index contributed by atoms with van der Waals surface area (Å²) in [6.45, 7) is 2.89. The van der Waals surface area contributed by atoms with Crippen molar-refractivity contribution in [1.29, 1.82) is 0 Å². The summed E-state index contributed by atoms with van der Waals surface area (Å²) in [5.74, 6) is 0. The van der Waals surface area contributed by atoms with Gasteiger partial charge in [0.25, 0.3) is 0 Å². The van der Waals surface area contributed by atoms with Crippen molar-refractivity contribution in [1.82, 2.24) is 9.88 Å². The zero-order valence-corrected chi connectivity index (χ0v) is 13.7. The Kier molecular flexibility index (Phi) is 3.94. The van der Waals surface area contributed by atoms with Crippen LogP contribution in [0.4, 0.5) is 0 Å². The molecular formula is C20H19ClN2. The summed E-state index contributed by atoms with van der Waals surface area (Å²) in [5, 5.41) is 4.29. The normalized spacial score (nSPS) is 13.8. The largest absolute Gasteiger partial charge is 0.346 e. The number of nitrogens with one attached hydrogen (secondary N) is 1. The predicted octanol–water partition coefficient (Wildman–Crippen LogP) is 4.50. The first kappa shape index (κ1) is 14.6. The Morgan fingerprint density at radius 2 is 1.78 bits per heavy atom. The maximum absolute atomic E-state index is 6.00. The molecule has 0 bridgehead atoms. The van der Waals surface area contributed by atoms with Crippen LogP contribution in [0.5, 0.6) is 0 Å². The van der Waals surface area contributed by atoms with E-state index in [4.69, 9.17) is 11.6 Å². The Balaban J connectivity index is 1.75. The Hall–Kier alpha value is -2.03. The number of aromatic nitrogens is 1. The van der Waals surface area contributed by atoms with E-state index in [0.717, 1.165) is 31.1 Å².